The number of anilines is 2. The van der Waals surface area contributed by atoms with Gasteiger partial charge in [0.25, 0.3) is 0 Å². The van der Waals surface area contributed by atoms with E-state index in [9.17, 15) is 4.79 Å². The molecule has 7 nitrogen and oxygen atoms in total. The van der Waals surface area contributed by atoms with Crippen molar-refractivity contribution in [3.63, 3.8) is 0 Å². The summed E-state index contributed by atoms with van der Waals surface area (Å²) in [5, 5.41) is 0. The first-order valence-electron chi connectivity index (χ1n) is 7.16. The molecule has 7 heteroatoms. The van der Waals surface area contributed by atoms with Crippen molar-refractivity contribution in [3.05, 3.63) is 12.3 Å². The summed E-state index contributed by atoms with van der Waals surface area (Å²) in [5.74, 6) is 1.41. The molecule has 3 rings (SSSR count). The molecule has 1 amide bonds. The van der Waals surface area contributed by atoms with Crippen LogP contribution in [0.25, 0.3) is 0 Å². The largest absolute Gasteiger partial charge is 0.381 e. The van der Waals surface area contributed by atoms with E-state index in [0.29, 0.717) is 32.1 Å². The Labute approximate surface area is 124 Å². The topological polar surface area (TPSA) is 84.6 Å². The van der Waals surface area contributed by atoms with Crippen molar-refractivity contribution in [2.75, 3.05) is 50.2 Å². The molecule has 2 fully saturated rings. The number of amides is 1. The fourth-order valence-corrected chi connectivity index (χ4v) is 3.26. The van der Waals surface area contributed by atoms with Gasteiger partial charge >= 0.3 is 0 Å². The molecule has 2 N–H and O–H groups in total. The van der Waals surface area contributed by atoms with E-state index < -0.39 is 5.41 Å². The Bertz CT molecular complexity index is 550. The predicted octanol–water partition coefficient (Wildman–Crippen LogP) is -0.129. The lowest BCUT2D eigenvalue weighted by Gasteiger charge is -2.35. The van der Waals surface area contributed by atoms with Gasteiger partial charge in [0.15, 0.2) is 0 Å². The highest BCUT2D eigenvalue weighted by Gasteiger charge is 2.52. The Morgan fingerprint density at radius 2 is 2.38 bits per heavy atom. The number of ether oxygens (including phenoxy) is 1. The van der Waals surface area contributed by atoms with E-state index in [0.717, 1.165) is 12.4 Å². The van der Waals surface area contributed by atoms with Crippen LogP contribution in [0.3, 0.4) is 0 Å². The average Bonchev–Trinajstić information content (AvgIpc) is 2.88. The second-order valence-corrected chi connectivity index (χ2v) is 6.03. The normalized spacial score (nSPS) is 28.3. The van der Waals surface area contributed by atoms with E-state index in [1.807, 2.05) is 25.1 Å². The molecule has 0 spiro atoms. The highest BCUT2D eigenvalue weighted by Crippen LogP contribution is 2.43. The molecule has 0 unspecified atom stereocenters. The average molecular weight is 291 g/mol. The smallest absolute Gasteiger partial charge is 0.226 e. The molecule has 0 bridgehead atoms. The quantitative estimate of drug-likeness (QED) is 0.835. The van der Waals surface area contributed by atoms with Crippen LogP contribution in [0.4, 0.5) is 11.8 Å². The molecular formula is C14H21N5O2. The van der Waals surface area contributed by atoms with Gasteiger partial charge in [-0.2, -0.15) is 4.98 Å². The predicted molar refractivity (Wildman–Crippen MR) is 79.1 cm³/mol. The van der Waals surface area contributed by atoms with Crippen molar-refractivity contribution < 1.29 is 9.53 Å². The Balaban J connectivity index is 1.88. The summed E-state index contributed by atoms with van der Waals surface area (Å²) in [7, 11) is 3.81. The van der Waals surface area contributed by atoms with Gasteiger partial charge in [-0.05, 0) is 12.5 Å². The van der Waals surface area contributed by atoms with Crippen molar-refractivity contribution >= 4 is 17.7 Å². The number of carbonyl (C=O) groups excluding carboxylic acids is 1. The maximum Gasteiger partial charge on any atom is 0.226 e. The monoisotopic (exact) mass is 291 g/mol. The molecule has 0 radical (unpaired) electrons. The van der Waals surface area contributed by atoms with Crippen LogP contribution in [0.1, 0.15) is 6.42 Å². The van der Waals surface area contributed by atoms with Crippen LogP contribution < -0.4 is 15.5 Å². The van der Waals surface area contributed by atoms with E-state index in [1.54, 1.807) is 6.20 Å². The van der Waals surface area contributed by atoms with Crippen LogP contribution in [0.2, 0.25) is 0 Å². The van der Waals surface area contributed by atoms with E-state index in [2.05, 4.69) is 14.9 Å². The van der Waals surface area contributed by atoms with E-state index in [4.69, 9.17) is 10.5 Å². The highest BCUT2D eigenvalue weighted by molar-refractivity contribution is 5.83. The minimum atomic E-state index is -0.485. The highest BCUT2D eigenvalue weighted by atomic mass is 16.5. The number of carbonyl (C=O) groups is 1. The summed E-state index contributed by atoms with van der Waals surface area (Å²) in [5.41, 5.74) is 5.21. The molecule has 2 atom stereocenters. The first-order chi connectivity index (χ1) is 10.0. The molecule has 2 aliphatic rings. The molecule has 21 heavy (non-hydrogen) atoms. The summed E-state index contributed by atoms with van der Waals surface area (Å²) in [6.07, 6.45) is 2.43. The Morgan fingerprint density at radius 3 is 3.05 bits per heavy atom. The molecule has 1 aromatic rings. The fourth-order valence-electron chi connectivity index (χ4n) is 3.26. The Hall–Kier alpha value is -1.89. The molecule has 0 aliphatic carbocycles. The van der Waals surface area contributed by atoms with Gasteiger partial charge in [-0.1, -0.05) is 0 Å². The van der Waals surface area contributed by atoms with Crippen LogP contribution >= 0.6 is 0 Å². The molecule has 0 saturated carbocycles. The lowest BCUT2D eigenvalue weighted by molar-refractivity contribution is -0.135. The van der Waals surface area contributed by atoms with E-state index >= 15 is 0 Å². The number of nitrogens with zero attached hydrogens (tertiary/aromatic N) is 4. The van der Waals surface area contributed by atoms with Crippen LogP contribution in [0.15, 0.2) is 12.3 Å². The molecule has 3 heterocycles. The first kappa shape index (κ1) is 14.1. The van der Waals surface area contributed by atoms with Crippen LogP contribution in [-0.4, -0.2) is 56.3 Å². The Morgan fingerprint density at radius 1 is 1.57 bits per heavy atom. The summed E-state index contributed by atoms with van der Waals surface area (Å²) in [6.45, 7) is 2.54. The maximum absolute atomic E-state index is 12.0. The first-order valence-corrected chi connectivity index (χ1v) is 7.16. The lowest BCUT2D eigenvalue weighted by atomic mass is 9.74. The molecule has 1 aromatic heterocycles. The summed E-state index contributed by atoms with van der Waals surface area (Å²) in [6, 6.07) is 1.87. The van der Waals surface area contributed by atoms with Crippen molar-refractivity contribution in [2.45, 2.75) is 6.42 Å². The number of aromatic nitrogens is 2. The van der Waals surface area contributed by atoms with Crippen molar-refractivity contribution in [2.24, 2.45) is 17.1 Å². The zero-order chi connectivity index (χ0) is 15.0. The molecular weight excluding hydrogens is 270 g/mol. The number of hydrogen-bond donors (Lipinski definition) is 1. The van der Waals surface area contributed by atoms with Gasteiger partial charge in [-0.25, -0.2) is 4.98 Å². The van der Waals surface area contributed by atoms with E-state index in [1.165, 1.54) is 0 Å². The number of fused-ring (bicyclic) bond motifs is 1. The second-order valence-electron chi connectivity index (χ2n) is 6.03. The molecule has 114 valence electrons. The van der Waals surface area contributed by atoms with Crippen LogP contribution in [-0.2, 0) is 9.53 Å². The van der Waals surface area contributed by atoms with Gasteiger partial charge < -0.3 is 20.3 Å². The van der Waals surface area contributed by atoms with Gasteiger partial charge in [0.05, 0.1) is 12.0 Å². The zero-order valence-corrected chi connectivity index (χ0v) is 12.5. The van der Waals surface area contributed by atoms with Gasteiger partial charge in [0, 0.05) is 45.9 Å². The van der Waals surface area contributed by atoms with E-state index in [-0.39, 0.29) is 11.8 Å². The summed E-state index contributed by atoms with van der Waals surface area (Å²) in [4.78, 5) is 24.8. The number of nitrogens with two attached hydrogens (primary N) is 1. The van der Waals surface area contributed by atoms with Crippen LogP contribution in [0.5, 0.6) is 0 Å². The third kappa shape index (κ3) is 2.31. The summed E-state index contributed by atoms with van der Waals surface area (Å²) >= 11 is 0. The minimum Gasteiger partial charge on any atom is -0.381 e. The van der Waals surface area contributed by atoms with Crippen molar-refractivity contribution in [1.29, 1.82) is 0 Å². The molecule has 0 aromatic carbocycles. The second kappa shape index (κ2) is 5.14. The SMILES string of the molecule is CN(C)c1nccc(N2C[C@@H]3COCC[C@]3(C(N)=O)C2)n1. The van der Waals surface area contributed by atoms with Crippen molar-refractivity contribution in [3.8, 4) is 0 Å². The van der Waals surface area contributed by atoms with Gasteiger partial charge in [0.2, 0.25) is 11.9 Å². The van der Waals surface area contributed by atoms with Gasteiger partial charge in [-0.15, -0.1) is 0 Å². The lowest BCUT2D eigenvalue weighted by Crippen LogP contribution is -2.48. The third-order valence-corrected chi connectivity index (χ3v) is 4.55. The Kier molecular flexibility index (Phi) is 3.44. The van der Waals surface area contributed by atoms with Gasteiger partial charge in [-0.3, -0.25) is 4.79 Å². The third-order valence-electron chi connectivity index (χ3n) is 4.55. The summed E-state index contributed by atoms with van der Waals surface area (Å²) < 4.78 is 5.53. The van der Waals surface area contributed by atoms with Crippen LogP contribution in [0, 0.1) is 11.3 Å². The minimum absolute atomic E-state index is 0.140. The maximum atomic E-state index is 12.0. The fraction of sp³-hybridized carbons (Fsp3) is 0.643. The molecule has 2 saturated heterocycles. The number of primary amides is 1. The number of rotatable bonds is 3. The van der Waals surface area contributed by atoms with Crippen molar-refractivity contribution in [1.82, 2.24) is 9.97 Å². The number of hydrogen-bond acceptors (Lipinski definition) is 6. The zero-order valence-electron chi connectivity index (χ0n) is 12.5. The molecule has 2 aliphatic heterocycles. The van der Waals surface area contributed by atoms with Gasteiger partial charge in [0.1, 0.15) is 5.82 Å². The standard InChI is InChI=1S/C14H21N5O2/c1-18(2)13-16-5-3-11(17-13)19-7-10-8-21-6-4-14(10,9-19)12(15)20/h3,5,10H,4,6-9H2,1-2H3,(H2,15,20)/t10-,14+/m1/s1.